The molecule has 0 aliphatic heterocycles. The third kappa shape index (κ3) is 2.72. The minimum Gasteiger partial charge on any atom is -0.329 e. The van der Waals surface area contributed by atoms with E-state index in [9.17, 15) is 4.79 Å². The molecule has 0 spiro atoms. The lowest BCUT2D eigenvalue weighted by molar-refractivity contribution is 0.509. The van der Waals surface area contributed by atoms with Gasteiger partial charge >= 0.3 is 0 Å². The van der Waals surface area contributed by atoms with E-state index in [4.69, 9.17) is 4.98 Å². The number of nitrogens with zero attached hydrogens (tertiary/aromatic N) is 3. The van der Waals surface area contributed by atoms with E-state index in [1.807, 2.05) is 17.8 Å². The third-order valence-electron chi connectivity index (χ3n) is 4.33. The van der Waals surface area contributed by atoms with Crippen LogP contribution in [0.5, 0.6) is 0 Å². The first-order valence-electron chi connectivity index (χ1n) is 7.75. The van der Waals surface area contributed by atoms with Gasteiger partial charge in [-0.3, -0.25) is 4.79 Å². The van der Waals surface area contributed by atoms with Gasteiger partial charge in [0.15, 0.2) is 5.16 Å². The Bertz CT molecular complexity index is 924. The number of aromatic nitrogens is 4. The summed E-state index contributed by atoms with van der Waals surface area (Å²) in [5, 5.41) is 1.75. The molecule has 0 radical (unpaired) electrons. The highest BCUT2D eigenvalue weighted by atomic mass is 32.2. The Morgan fingerprint density at radius 2 is 2.39 bits per heavy atom. The summed E-state index contributed by atoms with van der Waals surface area (Å²) in [6, 6.07) is 0. The van der Waals surface area contributed by atoms with Crippen LogP contribution in [-0.2, 0) is 25.6 Å². The fourth-order valence-electron chi connectivity index (χ4n) is 3.09. The van der Waals surface area contributed by atoms with Gasteiger partial charge in [0.1, 0.15) is 10.7 Å². The van der Waals surface area contributed by atoms with Crippen LogP contribution in [0.3, 0.4) is 0 Å². The number of thiophene rings is 1. The van der Waals surface area contributed by atoms with Gasteiger partial charge in [0.25, 0.3) is 5.56 Å². The maximum atomic E-state index is 12.5. The summed E-state index contributed by atoms with van der Waals surface area (Å²) in [4.78, 5) is 26.7. The van der Waals surface area contributed by atoms with Crippen molar-refractivity contribution in [2.24, 2.45) is 13.0 Å². The van der Waals surface area contributed by atoms with Crippen LogP contribution in [0.2, 0.25) is 0 Å². The lowest BCUT2D eigenvalue weighted by Gasteiger charge is -2.17. The SMILES string of the molecule is C[C@@H]1CCc2c(sc3nc(CSc4nccn4C)[nH]c(=O)c23)C1. The quantitative estimate of drug-likeness (QED) is 0.740. The maximum Gasteiger partial charge on any atom is 0.259 e. The minimum atomic E-state index is 0.0116. The fraction of sp³-hybridized carbons (Fsp3) is 0.438. The topological polar surface area (TPSA) is 63.6 Å². The molecule has 3 aromatic heterocycles. The molecule has 3 aromatic rings. The number of fused-ring (bicyclic) bond motifs is 3. The van der Waals surface area contributed by atoms with Gasteiger partial charge in [0.05, 0.1) is 11.1 Å². The Morgan fingerprint density at radius 3 is 3.17 bits per heavy atom. The van der Waals surface area contributed by atoms with E-state index in [0.29, 0.717) is 11.7 Å². The van der Waals surface area contributed by atoms with E-state index in [-0.39, 0.29) is 5.56 Å². The Morgan fingerprint density at radius 1 is 1.52 bits per heavy atom. The van der Waals surface area contributed by atoms with Gasteiger partial charge in [-0.15, -0.1) is 11.3 Å². The Hall–Kier alpha value is -1.60. The molecular formula is C16H18N4OS2. The molecule has 0 unspecified atom stereocenters. The van der Waals surface area contributed by atoms with Crippen molar-refractivity contribution in [2.75, 3.05) is 0 Å². The van der Waals surface area contributed by atoms with Crippen LogP contribution in [-0.4, -0.2) is 19.5 Å². The molecule has 0 saturated heterocycles. The second-order valence-corrected chi connectivity index (χ2v) is 8.18. The normalized spacial score (nSPS) is 17.6. The standard InChI is InChI=1S/C16H18N4OS2/c1-9-3-4-10-11(7-9)23-15-13(10)14(21)18-12(19-15)8-22-16-17-5-6-20(16)2/h5-6,9H,3-4,7-8H2,1-2H3,(H,18,19,21)/t9-/m1/s1. The molecule has 0 aromatic carbocycles. The van der Waals surface area contributed by atoms with Crippen molar-refractivity contribution in [2.45, 2.75) is 37.1 Å². The van der Waals surface area contributed by atoms with Gasteiger partial charge in [-0.05, 0) is 30.7 Å². The van der Waals surface area contributed by atoms with Gasteiger partial charge in [0.2, 0.25) is 0 Å². The molecule has 1 aliphatic rings. The third-order valence-corrected chi connectivity index (χ3v) is 6.55. The molecule has 5 nitrogen and oxygen atoms in total. The first-order valence-corrected chi connectivity index (χ1v) is 9.55. The molecular weight excluding hydrogens is 328 g/mol. The van der Waals surface area contributed by atoms with Gasteiger partial charge in [0, 0.05) is 24.3 Å². The highest BCUT2D eigenvalue weighted by molar-refractivity contribution is 7.98. The van der Waals surface area contributed by atoms with E-state index < -0.39 is 0 Å². The molecule has 0 saturated carbocycles. The van der Waals surface area contributed by atoms with Crippen LogP contribution >= 0.6 is 23.1 Å². The Labute approximate surface area is 142 Å². The van der Waals surface area contributed by atoms with Crippen molar-refractivity contribution in [3.63, 3.8) is 0 Å². The van der Waals surface area contributed by atoms with Crippen LogP contribution in [0.4, 0.5) is 0 Å². The monoisotopic (exact) mass is 346 g/mol. The number of hydrogen-bond acceptors (Lipinski definition) is 5. The van der Waals surface area contributed by atoms with Crippen LogP contribution in [0.25, 0.3) is 10.2 Å². The number of thioether (sulfide) groups is 1. The zero-order valence-corrected chi connectivity index (χ0v) is 14.8. The largest absolute Gasteiger partial charge is 0.329 e. The molecule has 7 heteroatoms. The van der Waals surface area contributed by atoms with Crippen molar-refractivity contribution in [3.8, 4) is 0 Å². The van der Waals surface area contributed by atoms with E-state index in [1.54, 1.807) is 29.3 Å². The smallest absolute Gasteiger partial charge is 0.259 e. The summed E-state index contributed by atoms with van der Waals surface area (Å²) in [5.74, 6) is 2.05. The first-order chi connectivity index (χ1) is 11.1. The number of rotatable bonds is 3. The van der Waals surface area contributed by atoms with E-state index >= 15 is 0 Å². The predicted molar refractivity (Wildman–Crippen MR) is 94.2 cm³/mol. The van der Waals surface area contributed by atoms with Gasteiger partial charge in [-0.25, -0.2) is 9.97 Å². The number of H-pyrrole nitrogens is 1. The maximum absolute atomic E-state index is 12.5. The second kappa shape index (κ2) is 5.79. The van der Waals surface area contributed by atoms with Crippen LogP contribution in [0.1, 0.15) is 29.6 Å². The van der Waals surface area contributed by atoms with Crippen LogP contribution in [0, 0.1) is 5.92 Å². The molecule has 0 bridgehead atoms. The summed E-state index contributed by atoms with van der Waals surface area (Å²) in [6.45, 7) is 2.28. The fourth-order valence-corrected chi connectivity index (χ4v) is 5.29. The Kier molecular flexibility index (Phi) is 3.77. The average molecular weight is 346 g/mol. The van der Waals surface area contributed by atoms with Crippen molar-refractivity contribution < 1.29 is 0 Å². The van der Waals surface area contributed by atoms with E-state index in [2.05, 4.69) is 16.9 Å². The summed E-state index contributed by atoms with van der Waals surface area (Å²) in [7, 11) is 1.96. The summed E-state index contributed by atoms with van der Waals surface area (Å²) in [6.07, 6.45) is 6.93. The Balaban J connectivity index is 1.67. The highest BCUT2D eigenvalue weighted by Gasteiger charge is 2.23. The number of hydrogen-bond donors (Lipinski definition) is 1. The van der Waals surface area contributed by atoms with Gasteiger partial charge in [-0.1, -0.05) is 18.7 Å². The van der Waals surface area contributed by atoms with Crippen molar-refractivity contribution in [1.82, 2.24) is 19.5 Å². The number of aryl methyl sites for hydroxylation is 2. The van der Waals surface area contributed by atoms with Gasteiger partial charge < -0.3 is 9.55 Å². The van der Waals surface area contributed by atoms with Crippen molar-refractivity contribution >= 4 is 33.3 Å². The lowest BCUT2D eigenvalue weighted by Crippen LogP contribution is -2.14. The average Bonchev–Trinajstić information content (AvgIpc) is 3.07. The molecule has 1 aliphatic carbocycles. The molecule has 0 fully saturated rings. The summed E-state index contributed by atoms with van der Waals surface area (Å²) >= 11 is 3.28. The molecule has 3 heterocycles. The molecule has 1 atom stereocenters. The van der Waals surface area contributed by atoms with Gasteiger partial charge in [-0.2, -0.15) is 0 Å². The van der Waals surface area contributed by atoms with Crippen LogP contribution < -0.4 is 5.56 Å². The minimum absolute atomic E-state index is 0.0116. The molecule has 1 N–H and O–H groups in total. The van der Waals surface area contributed by atoms with E-state index in [0.717, 1.165) is 40.5 Å². The molecule has 0 amide bonds. The van der Waals surface area contributed by atoms with Crippen LogP contribution in [0.15, 0.2) is 22.3 Å². The molecule has 4 rings (SSSR count). The zero-order chi connectivity index (χ0) is 16.0. The summed E-state index contributed by atoms with van der Waals surface area (Å²) in [5.41, 5.74) is 1.25. The first kappa shape index (κ1) is 15.0. The van der Waals surface area contributed by atoms with Crippen molar-refractivity contribution in [1.29, 1.82) is 0 Å². The van der Waals surface area contributed by atoms with Crippen molar-refractivity contribution in [3.05, 3.63) is 39.0 Å². The number of aromatic amines is 1. The molecule has 23 heavy (non-hydrogen) atoms. The number of imidazole rings is 1. The highest BCUT2D eigenvalue weighted by Crippen LogP contribution is 2.35. The number of nitrogens with one attached hydrogen (secondary N) is 1. The van der Waals surface area contributed by atoms with E-state index in [1.165, 1.54) is 10.4 Å². The predicted octanol–water partition coefficient (Wildman–Crippen LogP) is 3.14. The zero-order valence-electron chi connectivity index (χ0n) is 13.1. The second-order valence-electron chi connectivity index (χ2n) is 6.15. The molecule has 120 valence electrons. The lowest BCUT2D eigenvalue weighted by atomic mass is 9.89. The summed E-state index contributed by atoms with van der Waals surface area (Å²) < 4.78 is 1.96.